The van der Waals surface area contributed by atoms with Gasteiger partial charge in [0.05, 0.1) is 6.26 Å². The molecule has 0 aliphatic carbocycles. The van der Waals surface area contributed by atoms with E-state index in [0.717, 1.165) is 12.8 Å². The van der Waals surface area contributed by atoms with Crippen LogP contribution in [0.4, 0.5) is 0 Å². The molecule has 1 aliphatic heterocycles. The van der Waals surface area contributed by atoms with Gasteiger partial charge in [-0.2, -0.15) is 0 Å². The molecule has 2 aromatic rings. The van der Waals surface area contributed by atoms with Crippen LogP contribution in [-0.4, -0.2) is 37.1 Å². The number of hydrogen-bond donors (Lipinski definition) is 1. The topological polar surface area (TPSA) is 53.2 Å². The fourth-order valence-corrected chi connectivity index (χ4v) is 4.22. The van der Waals surface area contributed by atoms with Gasteiger partial charge in [-0.3, -0.25) is 0 Å². The van der Waals surface area contributed by atoms with Crippen LogP contribution < -0.4 is 0 Å². The highest BCUT2D eigenvalue weighted by molar-refractivity contribution is 7.88. The lowest BCUT2D eigenvalue weighted by molar-refractivity contribution is 0.319. The molecule has 3 rings (SSSR count). The van der Waals surface area contributed by atoms with Gasteiger partial charge in [0.15, 0.2) is 0 Å². The van der Waals surface area contributed by atoms with Gasteiger partial charge in [-0.1, -0.05) is 11.6 Å². The van der Waals surface area contributed by atoms with Crippen LogP contribution in [0.2, 0.25) is 0 Å². The van der Waals surface area contributed by atoms with Crippen LogP contribution in [0.15, 0.2) is 18.2 Å². The van der Waals surface area contributed by atoms with E-state index in [1.54, 1.807) is 4.31 Å². The Morgan fingerprint density at radius 1 is 1.19 bits per heavy atom. The molecule has 1 aromatic carbocycles. The zero-order valence-corrected chi connectivity index (χ0v) is 13.6. The van der Waals surface area contributed by atoms with Gasteiger partial charge in [0, 0.05) is 35.6 Å². The summed E-state index contributed by atoms with van der Waals surface area (Å²) in [5, 5.41) is 1.29. The lowest BCUT2D eigenvalue weighted by Crippen LogP contribution is -2.37. The quantitative estimate of drug-likeness (QED) is 0.927. The van der Waals surface area contributed by atoms with Gasteiger partial charge in [-0.25, -0.2) is 12.7 Å². The summed E-state index contributed by atoms with van der Waals surface area (Å²) in [5.74, 6) is 0.427. The Morgan fingerprint density at radius 3 is 2.48 bits per heavy atom. The lowest BCUT2D eigenvalue weighted by Gasteiger charge is -2.30. The maximum Gasteiger partial charge on any atom is 0.211 e. The van der Waals surface area contributed by atoms with Crippen LogP contribution in [0.3, 0.4) is 0 Å². The van der Waals surface area contributed by atoms with Crippen molar-refractivity contribution in [3.8, 4) is 0 Å². The standard InChI is InChI=1S/C16H22N2O2S/c1-11-4-5-15-14(10-11)12(2)16(17-15)13-6-8-18(9-7-13)21(3,19)20/h4-5,10,13,17H,6-9H2,1-3H3. The molecule has 114 valence electrons. The third-order valence-electron chi connectivity index (χ3n) is 4.58. The van der Waals surface area contributed by atoms with Crippen LogP contribution in [0.5, 0.6) is 0 Å². The molecular formula is C16H22N2O2S. The van der Waals surface area contributed by atoms with Crippen LogP contribution in [0.1, 0.15) is 35.6 Å². The van der Waals surface area contributed by atoms with Crippen molar-refractivity contribution in [2.75, 3.05) is 19.3 Å². The summed E-state index contributed by atoms with van der Waals surface area (Å²) < 4.78 is 24.8. The second kappa shape index (κ2) is 5.14. The zero-order valence-electron chi connectivity index (χ0n) is 12.8. The van der Waals surface area contributed by atoms with Gasteiger partial charge in [-0.05, 0) is 44.4 Å². The molecule has 0 saturated carbocycles. The van der Waals surface area contributed by atoms with Crippen LogP contribution in [0, 0.1) is 13.8 Å². The third-order valence-corrected chi connectivity index (χ3v) is 5.89. The van der Waals surface area contributed by atoms with E-state index in [1.165, 1.54) is 34.0 Å². The first-order valence-corrected chi connectivity index (χ1v) is 9.25. The second-order valence-corrected chi connectivity index (χ2v) is 8.13. The van der Waals surface area contributed by atoms with Gasteiger partial charge in [0.25, 0.3) is 0 Å². The largest absolute Gasteiger partial charge is 0.358 e. The Morgan fingerprint density at radius 2 is 1.86 bits per heavy atom. The molecule has 0 spiro atoms. The number of aromatic nitrogens is 1. The predicted octanol–water partition coefficient (Wildman–Crippen LogP) is 2.92. The molecule has 1 saturated heterocycles. The molecule has 21 heavy (non-hydrogen) atoms. The number of nitrogens with zero attached hydrogens (tertiary/aromatic N) is 1. The van der Waals surface area contributed by atoms with E-state index in [1.807, 2.05) is 0 Å². The highest BCUT2D eigenvalue weighted by atomic mass is 32.2. The van der Waals surface area contributed by atoms with Crippen molar-refractivity contribution >= 4 is 20.9 Å². The van der Waals surface area contributed by atoms with Crippen molar-refractivity contribution in [3.05, 3.63) is 35.0 Å². The number of aromatic amines is 1. The van der Waals surface area contributed by atoms with Gasteiger partial charge >= 0.3 is 0 Å². The summed E-state index contributed by atoms with van der Waals surface area (Å²) in [4.78, 5) is 3.55. The summed E-state index contributed by atoms with van der Waals surface area (Å²) >= 11 is 0. The van der Waals surface area contributed by atoms with Gasteiger partial charge in [0.1, 0.15) is 0 Å². The first kappa shape index (κ1) is 14.6. The molecule has 4 nitrogen and oxygen atoms in total. The van der Waals surface area contributed by atoms with E-state index in [2.05, 4.69) is 37.0 Å². The number of benzene rings is 1. The van der Waals surface area contributed by atoms with Gasteiger partial charge in [0.2, 0.25) is 10.0 Å². The lowest BCUT2D eigenvalue weighted by atomic mass is 9.92. The van der Waals surface area contributed by atoms with E-state index in [-0.39, 0.29) is 0 Å². The highest BCUT2D eigenvalue weighted by Gasteiger charge is 2.27. The number of sulfonamides is 1. The Labute approximate surface area is 126 Å². The number of aryl methyl sites for hydroxylation is 2. The minimum absolute atomic E-state index is 0.427. The van der Waals surface area contributed by atoms with Gasteiger partial charge in [-0.15, -0.1) is 0 Å². The summed E-state index contributed by atoms with van der Waals surface area (Å²) in [5.41, 5.74) is 5.04. The molecule has 0 amide bonds. The molecule has 1 aromatic heterocycles. The molecule has 2 heterocycles. The molecule has 1 aliphatic rings. The average molecular weight is 306 g/mol. The minimum Gasteiger partial charge on any atom is -0.358 e. The molecule has 5 heteroatoms. The second-order valence-electron chi connectivity index (χ2n) is 6.15. The monoisotopic (exact) mass is 306 g/mol. The first-order chi connectivity index (χ1) is 9.86. The minimum atomic E-state index is -3.05. The number of fused-ring (bicyclic) bond motifs is 1. The molecule has 0 unspecified atom stereocenters. The maximum absolute atomic E-state index is 11.6. The molecular weight excluding hydrogens is 284 g/mol. The molecule has 0 radical (unpaired) electrons. The van der Waals surface area contributed by atoms with Crippen LogP contribution >= 0.6 is 0 Å². The van der Waals surface area contributed by atoms with Crippen LogP contribution in [-0.2, 0) is 10.0 Å². The fourth-order valence-electron chi connectivity index (χ4n) is 3.35. The Bertz CT molecular complexity index is 769. The number of hydrogen-bond acceptors (Lipinski definition) is 2. The fraction of sp³-hybridized carbons (Fsp3) is 0.500. The summed E-state index contributed by atoms with van der Waals surface area (Å²) in [7, 11) is -3.05. The number of rotatable bonds is 2. The number of piperidine rings is 1. The Kier molecular flexibility index (Phi) is 3.58. The van der Waals surface area contributed by atoms with Crippen molar-refractivity contribution in [2.45, 2.75) is 32.6 Å². The van der Waals surface area contributed by atoms with Crippen molar-refractivity contribution < 1.29 is 8.42 Å². The van der Waals surface area contributed by atoms with Crippen molar-refractivity contribution in [2.24, 2.45) is 0 Å². The van der Waals surface area contributed by atoms with E-state index >= 15 is 0 Å². The Hall–Kier alpha value is -1.33. The molecule has 1 fully saturated rings. The normalized spacial score (nSPS) is 18.4. The maximum atomic E-state index is 11.6. The summed E-state index contributed by atoms with van der Waals surface area (Å²) in [6, 6.07) is 6.47. The SMILES string of the molecule is Cc1ccc2[nH]c(C3CCN(S(C)(=O)=O)CC3)c(C)c2c1. The smallest absolute Gasteiger partial charge is 0.211 e. The Balaban J connectivity index is 1.87. The summed E-state index contributed by atoms with van der Waals surface area (Å²) in [6.07, 6.45) is 3.07. The number of H-pyrrole nitrogens is 1. The van der Waals surface area contributed by atoms with Gasteiger partial charge < -0.3 is 4.98 Å². The van der Waals surface area contributed by atoms with E-state index in [0.29, 0.717) is 19.0 Å². The molecule has 1 N–H and O–H groups in total. The van der Waals surface area contributed by atoms with E-state index in [4.69, 9.17) is 0 Å². The summed E-state index contributed by atoms with van der Waals surface area (Å²) in [6.45, 7) is 5.52. The number of nitrogens with one attached hydrogen (secondary N) is 1. The highest BCUT2D eigenvalue weighted by Crippen LogP contribution is 2.34. The van der Waals surface area contributed by atoms with E-state index < -0.39 is 10.0 Å². The predicted molar refractivity (Wildman–Crippen MR) is 86.2 cm³/mol. The molecule has 0 atom stereocenters. The van der Waals surface area contributed by atoms with Crippen molar-refractivity contribution in [1.29, 1.82) is 0 Å². The first-order valence-electron chi connectivity index (χ1n) is 7.40. The van der Waals surface area contributed by atoms with Crippen molar-refractivity contribution in [1.82, 2.24) is 9.29 Å². The third kappa shape index (κ3) is 2.72. The average Bonchev–Trinajstić information content (AvgIpc) is 2.75. The van der Waals surface area contributed by atoms with E-state index in [9.17, 15) is 8.42 Å². The molecule has 0 bridgehead atoms. The zero-order chi connectivity index (χ0) is 15.2. The van der Waals surface area contributed by atoms with Crippen LogP contribution in [0.25, 0.3) is 10.9 Å². The van der Waals surface area contributed by atoms with Crippen molar-refractivity contribution in [3.63, 3.8) is 0 Å².